The molecule has 45 heavy (non-hydrogen) atoms. The number of rotatable bonds is 21. The van der Waals surface area contributed by atoms with Crippen LogP contribution in [0.25, 0.3) is 17.4 Å². The number of aromatic nitrogens is 8. The van der Waals surface area contributed by atoms with E-state index < -0.39 is 0 Å². The smallest absolute Gasteiger partial charge is 0.186 e. The largest absolute Gasteiger partial charge is 0.294 e. The lowest BCUT2D eigenvalue weighted by atomic mass is 9.91. The molecule has 0 radical (unpaired) electrons. The van der Waals surface area contributed by atoms with Gasteiger partial charge in [0.1, 0.15) is 0 Å². The Balaban J connectivity index is 2.00. The maximum absolute atomic E-state index is 5.37. The summed E-state index contributed by atoms with van der Waals surface area (Å²) in [5, 5.41) is 29.7. The number of nitrogens with zero attached hydrogens (tertiary/aromatic N) is 7. The van der Waals surface area contributed by atoms with Gasteiger partial charge in [0.25, 0.3) is 0 Å². The van der Waals surface area contributed by atoms with Crippen LogP contribution in [0.2, 0.25) is 0 Å². The fourth-order valence-corrected chi connectivity index (χ4v) is 7.19. The van der Waals surface area contributed by atoms with Crippen molar-refractivity contribution in [2.24, 2.45) is 0 Å². The highest BCUT2D eigenvalue weighted by atomic mass is 15.4. The van der Waals surface area contributed by atoms with E-state index in [0.29, 0.717) is 23.7 Å². The van der Waals surface area contributed by atoms with E-state index in [0.717, 1.165) is 85.1 Å². The molecule has 250 valence electrons. The van der Waals surface area contributed by atoms with Crippen LogP contribution in [0.15, 0.2) is 0 Å². The summed E-state index contributed by atoms with van der Waals surface area (Å²) in [5.41, 5.74) is 5.44. The van der Waals surface area contributed by atoms with E-state index in [1.807, 2.05) is 0 Å². The fraction of sp³-hybridized carbons (Fsp3) is 0.757. The van der Waals surface area contributed by atoms with Crippen molar-refractivity contribution >= 4 is 17.4 Å². The van der Waals surface area contributed by atoms with Gasteiger partial charge in [-0.15, -0.1) is 20.4 Å². The lowest BCUT2D eigenvalue weighted by Gasteiger charge is -2.15. The molecule has 8 heteroatoms. The minimum atomic E-state index is 0.368. The number of H-pyrrole nitrogens is 1. The Morgan fingerprint density at radius 3 is 1.62 bits per heavy atom. The number of hydrogen-bond donors (Lipinski definition) is 1. The Morgan fingerprint density at radius 1 is 0.578 bits per heavy atom. The molecule has 4 atom stereocenters. The van der Waals surface area contributed by atoms with Crippen LogP contribution >= 0.6 is 0 Å². The second-order valence-corrected chi connectivity index (χ2v) is 13.4. The summed E-state index contributed by atoms with van der Waals surface area (Å²) >= 11 is 0. The Labute approximate surface area is 272 Å². The molecule has 0 saturated heterocycles. The van der Waals surface area contributed by atoms with E-state index >= 15 is 0 Å². The quantitative estimate of drug-likeness (QED) is 0.100. The Hall–Kier alpha value is -2.77. The molecule has 0 saturated carbocycles. The second-order valence-electron chi connectivity index (χ2n) is 13.4. The van der Waals surface area contributed by atoms with Gasteiger partial charge < -0.3 is 0 Å². The molecular weight excluding hydrogens is 556 g/mol. The van der Waals surface area contributed by atoms with Crippen molar-refractivity contribution in [3.05, 3.63) is 33.8 Å². The highest BCUT2D eigenvalue weighted by molar-refractivity contribution is 5.71. The summed E-state index contributed by atoms with van der Waals surface area (Å²) in [5.74, 6) is 3.66. The summed E-state index contributed by atoms with van der Waals surface area (Å²) in [6, 6.07) is 0. The van der Waals surface area contributed by atoms with Crippen LogP contribution in [0.1, 0.15) is 210 Å². The predicted molar refractivity (Wildman–Crippen MR) is 187 cm³/mol. The second kappa shape index (κ2) is 17.2. The maximum Gasteiger partial charge on any atom is 0.186 e. The van der Waals surface area contributed by atoms with Gasteiger partial charge in [-0.05, 0) is 57.4 Å². The highest BCUT2D eigenvalue weighted by Crippen LogP contribution is 2.33. The van der Waals surface area contributed by atoms with Gasteiger partial charge >= 0.3 is 0 Å². The van der Waals surface area contributed by atoms with Gasteiger partial charge in [-0.25, -0.2) is 4.52 Å². The van der Waals surface area contributed by atoms with Crippen LogP contribution in [0.3, 0.4) is 0 Å². The molecular formula is C37H62N8. The Morgan fingerprint density at radius 2 is 1.07 bits per heavy atom. The van der Waals surface area contributed by atoms with Crippen molar-refractivity contribution in [2.75, 3.05) is 0 Å². The van der Waals surface area contributed by atoms with E-state index in [1.54, 1.807) is 0 Å². The van der Waals surface area contributed by atoms with Gasteiger partial charge in [0.2, 0.25) is 0 Å². The van der Waals surface area contributed by atoms with Gasteiger partial charge in [0.05, 0.1) is 5.69 Å². The molecule has 4 heterocycles. The number of fused-ring (bicyclic) bond motifs is 2. The third kappa shape index (κ3) is 7.62. The minimum absolute atomic E-state index is 0.368. The van der Waals surface area contributed by atoms with E-state index in [4.69, 9.17) is 25.5 Å². The van der Waals surface area contributed by atoms with Crippen LogP contribution in [-0.2, 0) is 0 Å². The zero-order valence-corrected chi connectivity index (χ0v) is 29.8. The third-order valence-electron chi connectivity index (χ3n) is 10.3. The number of nitrogens with one attached hydrogen (secondary N) is 1. The van der Waals surface area contributed by atoms with Crippen LogP contribution in [0, 0.1) is 0 Å². The third-order valence-corrected chi connectivity index (χ3v) is 10.3. The molecule has 4 unspecified atom stereocenters. The average Bonchev–Trinajstić information content (AvgIpc) is 3.82. The van der Waals surface area contributed by atoms with Crippen molar-refractivity contribution in [2.45, 2.75) is 182 Å². The maximum atomic E-state index is 5.37. The molecule has 0 bridgehead atoms. The summed E-state index contributed by atoms with van der Waals surface area (Å²) in [6.45, 7) is 18.3. The molecule has 0 spiro atoms. The SMILES string of the molecule is CCCCC(CC)c1[nH]n2c(C(CC)CCCC)nnc2c1/C=c1/c(C(CC)CCCC)nn2c(C(CC)CCCC)nnc12. The number of aromatic amines is 1. The number of hydrogen-bond acceptors (Lipinski definition) is 5. The standard InChI is InChI=1S/C37H62N8/c1-9-17-21-26(13-5)32-30(36-40-38-34(44(36)42-32)28(15-7)23-19-11-3)25-31-33(27(14-6)22-18-10-2)43-45-35(39-41-37(31)45)29(16-8)24-20-12-4/h25-29,42H,9-24H2,1-8H3/b31-25-. The van der Waals surface area contributed by atoms with Gasteiger partial charge in [-0.3, -0.25) is 5.10 Å². The van der Waals surface area contributed by atoms with Crippen molar-refractivity contribution in [3.63, 3.8) is 0 Å². The molecule has 4 aromatic rings. The molecule has 4 rings (SSSR count). The summed E-state index contributed by atoms with van der Waals surface area (Å²) < 4.78 is 4.32. The normalized spacial score (nSPS) is 15.4. The zero-order chi connectivity index (χ0) is 32.3. The van der Waals surface area contributed by atoms with Crippen LogP contribution < -0.4 is 5.22 Å². The lowest BCUT2D eigenvalue weighted by Crippen LogP contribution is -2.13. The van der Waals surface area contributed by atoms with E-state index in [2.05, 4.69) is 75.6 Å². The Kier molecular flexibility index (Phi) is 13.4. The fourth-order valence-electron chi connectivity index (χ4n) is 7.19. The molecule has 1 N–H and O–H groups in total. The lowest BCUT2D eigenvalue weighted by molar-refractivity contribution is 0.521. The molecule has 0 amide bonds. The molecule has 0 aliphatic rings. The molecule has 0 aliphatic heterocycles. The highest BCUT2D eigenvalue weighted by Gasteiger charge is 2.27. The monoisotopic (exact) mass is 619 g/mol. The van der Waals surface area contributed by atoms with E-state index in [-0.39, 0.29) is 0 Å². The van der Waals surface area contributed by atoms with Gasteiger partial charge in [0, 0.05) is 40.1 Å². The van der Waals surface area contributed by atoms with Gasteiger partial charge in [-0.2, -0.15) is 9.61 Å². The van der Waals surface area contributed by atoms with Gasteiger partial charge in [0.15, 0.2) is 22.9 Å². The van der Waals surface area contributed by atoms with Crippen molar-refractivity contribution in [1.82, 2.24) is 39.6 Å². The Bertz CT molecular complexity index is 1490. The number of unbranched alkanes of at least 4 members (excludes halogenated alkanes) is 4. The summed E-state index contributed by atoms with van der Waals surface area (Å²) in [6.07, 6.45) is 20.8. The van der Waals surface area contributed by atoms with Crippen LogP contribution in [-0.4, -0.2) is 39.6 Å². The summed E-state index contributed by atoms with van der Waals surface area (Å²) in [7, 11) is 0. The van der Waals surface area contributed by atoms with Crippen LogP contribution in [0.5, 0.6) is 0 Å². The molecule has 4 aromatic heterocycles. The van der Waals surface area contributed by atoms with Gasteiger partial charge in [-0.1, -0.05) is 107 Å². The first-order valence-electron chi connectivity index (χ1n) is 18.7. The first-order chi connectivity index (χ1) is 22.0. The van der Waals surface area contributed by atoms with E-state index in [1.165, 1.54) is 62.8 Å². The first kappa shape index (κ1) is 35.1. The summed E-state index contributed by atoms with van der Waals surface area (Å²) in [4.78, 5) is 0. The molecule has 0 aromatic carbocycles. The topological polar surface area (TPSA) is 89.1 Å². The molecule has 0 fully saturated rings. The van der Waals surface area contributed by atoms with Crippen molar-refractivity contribution in [1.29, 1.82) is 0 Å². The van der Waals surface area contributed by atoms with Crippen molar-refractivity contribution < 1.29 is 0 Å². The minimum Gasteiger partial charge on any atom is -0.294 e. The first-order valence-corrected chi connectivity index (χ1v) is 18.7. The van der Waals surface area contributed by atoms with E-state index in [9.17, 15) is 0 Å². The average molecular weight is 619 g/mol. The zero-order valence-electron chi connectivity index (χ0n) is 29.8. The molecule has 0 aliphatic carbocycles. The predicted octanol–water partition coefficient (Wildman–Crippen LogP) is 9.78. The van der Waals surface area contributed by atoms with Crippen molar-refractivity contribution in [3.8, 4) is 0 Å². The van der Waals surface area contributed by atoms with Crippen LogP contribution in [0.4, 0.5) is 0 Å². The molecule has 8 nitrogen and oxygen atoms in total.